The van der Waals surface area contributed by atoms with Crippen LogP contribution in [0.15, 0.2) is 52.0 Å². The zero-order valence-corrected chi connectivity index (χ0v) is 15.2. The molecule has 0 bridgehead atoms. The maximum absolute atomic E-state index is 13.1. The van der Waals surface area contributed by atoms with Gasteiger partial charge >= 0.3 is 0 Å². The molecule has 0 spiro atoms. The largest absolute Gasteiger partial charge is 0.436 e. The number of nitrogens with one attached hydrogen (secondary N) is 1. The van der Waals surface area contributed by atoms with Crippen LogP contribution in [-0.4, -0.2) is 16.6 Å². The first-order chi connectivity index (χ1) is 13.1. The molecule has 138 valence electrons. The summed E-state index contributed by atoms with van der Waals surface area (Å²) in [5, 5.41) is 4.29. The van der Waals surface area contributed by atoms with Crippen molar-refractivity contribution in [1.29, 1.82) is 0 Å². The van der Waals surface area contributed by atoms with Gasteiger partial charge in [-0.3, -0.25) is 4.79 Å². The number of aromatic nitrogens is 1. The first-order valence-corrected chi connectivity index (χ1v) is 9.11. The lowest BCUT2D eigenvalue weighted by Crippen LogP contribution is -2.40. The van der Waals surface area contributed by atoms with Gasteiger partial charge < -0.3 is 4.42 Å². The maximum Gasteiger partial charge on any atom is 0.243 e. The van der Waals surface area contributed by atoms with E-state index in [1.807, 2.05) is 25.1 Å². The Hall–Kier alpha value is -3.02. The standard InChI is InChI=1S/C21H20FN3O2/c1-3-4-16-12(2)19(24-25-20(16)26)14-7-10-17-18(11-14)27-21(23-17)13-5-8-15(22)9-6-13/h5-12,16H,3-4H2,1-2H3,(H,25,26)/t12-,16-/m0/s1. The highest BCUT2D eigenvalue weighted by Crippen LogP contribution is 2.29. The Labute approximate surface area is 156 Å². The second-order valence-electron chi connectivity index (χ2n) is 6.87. The van der Waals surface area contributed by atoms with Gasteiger partial charge in [-0.2, -0.15) is 5.10 Å². The molecular weight excluding hydrogens is 345 g/mol. The van der Waals surface area contributed by atoms with Gasteiger partial charge in [0.2, 0.25) is 11.8 Å². The predicted octanol–water partition coefficient (Wildman–Crippen LogP) is 4.52. The normalized spacial score (nSPS) is 19.8. The second kappa shape index (κ2) is 6.95. The van der Waals surface area contributed by atoms with Crippen LogP contribution in [-0.2, 0) is 4.79 Å². The van der Waals surface area contributed by atoms with Gasteiger partial charge in [0, 0.05) is 23.0 Å². The van der Waals surface area contributed by atoms with Crippen LogP contribution in [0, 0.1) is 17.7 Å². The highest BCUT2D eigenvalue weighted by molar-refractivity contribution is 6.07. The molecule has 1 amide bonds. The number of rotatable bonds is 4. The Morgan fingerprint density at radius 2 is 1.89 bits per heavy atom. The van der Waals surface area contributed by atoms with E-state index >= 15 is 0 Å². The van der Waals surface area contributed by atoms with E-state index in [1.165, 1.54) is 12.1 Å². The minimum atomic E-state index is -0.301. The zero-order chi connectivity index (χ0) is 19.0. The molecule has 1 N–H and O–H groups in total. The molecule has 2 aromatic carbocycles. The van der Waals surface area contributed by atoms with Gasteiger partial charge in [-0.15, -0.1) is 0 Å². The maximum atomic E-state index is 13.1. The molecule has 2 heterocycles. The third kappa shape index (κ3) is 3.23. The van der Waals surface area contributed by atoms with Crippen molar-refractivity contribution in [3.05, 3.63) is 53.8 Å². The lowest BCUT2D eigenvalue weighted by Gasteiger charge is -2.27. The highest BCUT2D eigenvalue weighted by Gasteiger charge is 2.32. The van der Waals surface area contributed by atoms with E-state index in [9.17, 15) is 9.18 Å². The highest BCUT2D eigenvalue weighted by atomic mass is 19.1. The molecule has 0 fully saturated rings. The first-order valence-electron chi connectivity index (χ1n) is 9.11. The minimum absolute atomic E-state index is 0.0209. The number of hydrogen-bond acceptors (Lipinski definition) is 4. The SMILES string of the molecule is CCC[C@@H]1C(=O)NN=C(c2ccc3nc(-c4ccc(F)cc4)oc3c2)[C@H]1C. The fourth-order valence-electron chi connectivity index (χ4n) is 3.54. The van der Waals surface area contributed by atoms with E-state index in [1.54, 1.807) is 12.1 Å². The topological polar surface area (TPSA) is 67.5 Å². The molecule has 3 aromatic rings. The summed E-state index contributed by atoms with van der Waals surface area (Å²) in [6, 6.07) is 11.7. The number of nitrogens with zero attached hydrogens (tertiary/aromatic N) is 2. The summed E-state index contributed by atoms with van der Waals surface area (Å²) >= 11 is 0. The number of amides is 1. The molecule has 1 aromatic heterocycles. The molecule has 6 heteroatoms. The molecule has 1 aliphatic heterocycles. The summed E-state index contributed by atoms with van der Waals surface area (Å²) in [5.41, 5.74) is 6.46. The predicted molar refractivity (Wildman–Crippen MR) is 102 cm³/mol. The molecule has 4 rings (SSSR count). The molecule has 5 nitrogen and oxygen atoms in total. The molecule has 27 heavy (non-hydrogen) atoms. The number of carbonyl (C=O) groups excluding carboxylic acids is 1. The molecule has 0 aliphatic carbocycles. The summed E-state index contributed by atoms with van der Waals surface area (Å²) in [4.78, 5) is 16.6. The van der Waals surface area contributed by atoms with E-state index in [2.05, 4.69) is 22.4 Å². The van der Waals surface area contributed by atoms with Crippen LogP contribution in [0.4, 0.5) is 4.39 Å². The van der Waals surface area contributed by atoms with Crippen LogP contribution in [0.1, 0.15) is 32.3 Å². The van der Waals surface area contributed by atoms with Crippen molar-refractivity contribution >= 4 is 22.7 Å². The van der Waals surface area contributed by atoms with Crippen molar-refractivity contribution in [2.24, 2.45) is 16.9 Å². The van der Waals surface area contributed by atoms with Gasteiger partial charge in [-0.05, 0) is 42.8 Å². The van der Waals surface area contributed by atoms with E-state index in [4.69, 9.17) is 4.42 Å². The van der Waals surface area contributed by atoms with Crippen LogP contribution < -0.4 is 5.43 Å². The van der Waals surface area contributed by atoms with E-state index in [0.717, 1.165) is 29.6 Å². The van der Waals surface area contributed by atoms with Gasteiger partial charge in [-0.25, -0.2) is 14.8 Å². The van der Waals surface area contributed by atoms with Crippen molar-refractivity contribution in [3.8, 4) is 11.5 Å². The van der Waals surface area contributed by atoms with Gasteiger partial charge in [0.15, 0.2) is 5.58 Å². The van der Waals surface area contributed by atoms with E-state index < -0.39 is 0 Å². The number of fused-ring (bicyclic) bond motifs is 1. The third-order valence-corrected chi connectivity index (χ3v) is 5.03. The number of hydrogen-bond donors (Lipinski definition) is 1. The van der Waals surface area contributed by atoms with Crippen LogP contribution in [0.3, 0.4) is 0 Å². The second-order valence-corrected chi connectivity index (χ2v) is 6.87. The molecule has 0 saturated heterocycles. The lowest BCUT2D eigenvalue weighted by atomic mass is 9.82. The fourth-order valence-corrected chi connectivity index (χ4v) is 3.54. The van der Waals surface area contributed by atoms with E-state index in [0.29, 0.717) is 17.0 Å². The third-order valence-electron chi connectivity index (χ3n) is 5.03. The minimum Gasteiger partial charge on any atom is -0.436 e. The smallest absolute Gasteiger partial charge is 0.243 e. The van der Waals surface area contributed by atoms with Gasteiger partial charge in [-0.1, -0.05) is 26.3 Å². The zero-order valence-electron chi connectivity index (χ0n) is 15.2. The molecule has 0 unspecified atom stereocenters. The van der Waals surface area contributed by atoms with Crippen LogP contribution >= 0.6 is 0 Å². The average molecular weight is 365 g/mol. The summed E-state index contributed by atoms with van der Waals surface area (Å²) in [6.45, 7) is 4.11. The Balaban J connectivity index is 1.69. The lowest BCUT2D eigenvalue weighted by molar-refractivity contribution is -0.126. The quantitative estimate of drug-likeness (QED) is 0.739. The fraction of sp³-hybridized carbons (Fsp3) is 0.286. The van der Waals surface area contributed by atoms with Crippen molar-refractivity contribution in [1.82, 2.24) is 10.4 Å². The molecule has 0 radical (unpaired) electrons. The van der Waals surface area contributed by atoms with Gasteiger partial charge in [0.25, 0.3) is 0 Å². The molecule has 1 aliphatic rings. The Bertz CT molecular complexity index is 1020. The Kier molecular flexibility index (Phi) is 4.48. The molecule has 2 atom stereocenters. The molecular formula is C21H20FN3O2. The van der Waals surface area contributed by atoms with Crippen LogP contribution in [0.5, 0.6) is 0 Å². The van der Waals surface area contributed by atoms with Crippen LogP contribution in [0.25, 0.3) is 22.6 Å². The van der Waals surface area contributed by atoms with Crippen molar-refractivity contribution < 1.29 is 13.6 Å². The summed E-state index contributed by atoms with van der Waals surface area (Å²) in [6.07, 6.45) is 1.77. The van der Waals surface area contributed by atoms with Crippen molar-refractivity contribution in [2.75, 3.05) is 0 Å². The Morgan fingerprint density at radius 1 is 1.15 bits per heavy atom. The van der Waals surface area contributed by atoms with Crippen LogP contribution in [0.2, 0.25) is 0 Å². The number of benzene rings is 2. The number of halogens is 1. The number of oxazole rings is 1. The average Bonchev–Trinajstić information content (AvgIpc) is 3.09. The van der Waals surface area contributed by atoms with E-state index in [-0.39, 0.29) is 23.6 Å². The summed E-state index contributed by atoms with van der Waals surface area (Å²) in [7, 11) is 0. The molecule has 0 saturated carbocycles. The van der Waals surface area contributed by atoms with Crippen molar-refractivity contribution in [3.63, 3.8) is 0 Å². The number of carbonyl (C=O) groups is 1. The van der Waals surface area contributed by atoms with Gasteiger partial charge in [0.05, 0.1) is 5.71 Å². The summed E-state index contributed by atoms with van der Waals surface area (Å²) in [5.74, 6) is 0.0637. The summed E-state index contributed by atoms with van der Waals surface area (Å²) < 4.78 is 19.0. The van der Waals surface area contributed by atoms with Gasteiger partial charge in [0.1, 0.15) is 11.3 Å². The van der Waals surface area contributed by atoms with Crippen molar-refractivity contribution in [2.45, 2.75) is 26.7 Å². The number of hydrazone groups is 1. The first kappa shape index (κ1) is 17.4. The monoisotopic (exact) mass is 365 g/mol. The Morgan fingerprint density at radius 3 is 2.63 bits per heavy atom.